The summed E-state index contributed by atoms with van der Waals surface area (Å²) in [6.07, 6.45) is 1.74. The molecule has 3 aromatic heterocycles. The first-order chi connectivity index (χ1) is 13.0. The molecule has 4 rings (SSSR count). The third-order valence-corrected chi connectivity index (χ3v) is 5.76. The lowest BCUT2D eigenvalue weighted by Gasteiger charge is -2.10. The lowest BCUT2D eigenvalue weighted by Crippen LogP contribution is -2.23. The molecule has 1 N–H and O–H groups in total. The largest absolute Gasteiger partial charge is 0.291 e. The lowest BCUT2D eigenvalue weighted by atomic mass is 10.1. The van der Waals surface area contributed by atoms with Crippen LogP contribution in [0, 0.1) is 13.8 Å². The van der Waals surface area contributed by atoms with Crippen LogP contribution in [-0.4, -0.2) is 24.7 Å². The molecule has 136 valence electrons. The Balaban J connectivity index is 1.55. The predicted octanol–water partition coefficient (Wildman–Crippen LogP) is 3.63. The van der Waals surface area contributed by atoms with Crippen molar-refractivity contribution in [3.63, 3.8) is 0 Å². The molecule has 0 unspecified atom stereocenters. The Hall–Kier alpha value is -2.93. The van der Waals surface area contributed by atoms with Gasteiger partial charge in [-0.2, -0.15) is 5.10 Å². The Morgan fingerprint density at radius 1 is 1.15 bits per heavy atom. The minimum atomic E-state index is 0.0140. The molecule has 7 heteroatoms. The van der Waals surface area contributed by atoms with Crippen LogP contribution in [0.15, 0.2) is 52.5 Å². The molecule has 0 aliphatic carbocycles. The van der Waals surface area contributed by atoms with Gasteiger partial charge in [-0.3, -0.25) is 14.5 Å². The van der Waals surface area contributed by atoms with Crippen LogP contribution in [0.2, 0.25) is 0 Å². The first-order valence-corrected chi connectivity index (χ1v) is 9.58. The molecule has 3 heterocycles. The van der Waals surface area contributed by atoms with Gasteiger partial charge < -0.3 is 0 Å². The quantitative estimate of drug-likeness (QED) is 0.434. The monoisotopic (exact) mass is 377 g/mol. The van der Waals surface area contributed by atoms with Crippen molar-refractivity contribution >= 4 is 22.8 Å². The highest BCUT2D eigenvalue weighted by Gasteiger charge is 2.10. The number of hydrogen-bond donors (Lipinski definition) is 1. The molecule has 6 nitrogen and oxygen atoms in total. The maximum Gasteiger partial charge on any atom is 0.257 e. The van der Waals surface area contributed by atoms with E-state index in [1.165, 1.54) is 0 Å². The molecule has 0 bridgehead atoms. The smallest absolute Gasteiger partial charge is 0.257 e. The summed E-state index contributed by atoms with van der Waals surface area (Å²) in [6.45, 7) is 3.69. The van der Waals surface area contributed by atoms with Crippen LogP contribution < -0.4 is 5.56 Å². The van der Waals surface area contributed by atoms with Crippen LogP contribution in [0.1, 0.15) is 16.8 Å². The number of thioether (sulfide) groups is 1. The van der Waals surface area contributed by atoms with Crippen molar-refractivity contribution < 1.29 is 0 Å². The number of nitrogens with zero attached hydrogens (tertiary/aromatic N) is 4. The predicted molar refractivity (Wildman–Crippen MR) is 108 cm³/mol. The first-order valence-electron chi connectivity index (χ1n) is 8.60. The summed E-state index contributed by atoms with van der Waals surface area (Å²) < 4.78 is 1.62. The van der Waals surface area contributed by atoms with Gasteiger partial charge in [0, 0.05) is 41.2 Å². The normalized spacial score (nSPS) is 11.2. The maximum atomic E-state index is 12.2. The van der Waals surface area contributed by atoms with Gasteiger partial charge in [0.05, 0.1) is 5.69 Å². The second-order valence-electron chi connectivity index (χ2n) is 6.43. The van der Waals surface area contributed by atoms with Crippen molar-refractivity contribution in [1.82, 2.24) is 24.7 Å². The van der Waals surface area contributed by atoms with E-state index in [1.807, 2.05) is 26.0 Å². The Kier molecular flexibility index (Phi) is 4.53. The van der Waals surface area contributed by atoms with Gasteiger partial charge in [0.2, 0.25) is 0 Å². The number of H-pyrrole nitrogens is 1. The molecule has 27 heavy (non-hydrogen) atoms. The highest BCUT2D eigenvalue weighted by Crippen LogP contribution is 2.27. The minimum absolute atomic E-state index is 0.0140. The van der Waals surface area contributed by atoms with Crippen LogP contribution >= 0.6 is 11.8 Å². The van der Waals surface area contributed by atoms with Gasteiger partial charge in [0.25, 0.3) is 5.56 Å². The van der Waals surface area contributed by atoms with E-state index < -0.39 is 0 Å². The van der Waals surface area contributed by atoms with E-state index in [2.05, 4.69) is 44.4 Å². The van der Waals surface area contributed by atoms with Crippen molar-refractivity contribution in [1.29, 1.82) is 0 Å². The minimum Gasteiger partial charge on any atom is -0.291 e. The van der Waals surface area contributed by atoms with Crippen LogP contribution in [0.4, 0.5) is 0 Å². The van der Waals surface area contributed by atoms with Crippen LogP contribution in [0.25, 0.3) is 22.3 Å². The number of pyridine rings is 1. The Morgan fingerprint density at radius 3 is 2.70 bits per heavy atom. The molecule has 0 saturated heterocycles. The number of hydrogen-bond acceptors (Lipinski definition) is 5. The third-order valence-electron chi connectivity index (χ3n) is 4.66. The van der Waals surface area contributed by atoms with E-state index in [9.17, 15) is 4.79 Å². The fourth-order valence-corrected chi connectivity index (χ4v) is 3.88. The third kappa shape index (κ3) is 3.26. The standard InChI is InChI=1S/C20H19N5OS/c1-12-13(2)22-20(25(3)19(12)26)27-11-14-6-8-15(9-7-14)17-16-5-4-10-21-18(16)24-23-17/h4-10H,11H2,1-3H3,(H,21,23,24). The van der Waals surface area contributed by atoms with Gasteiger partial charge in [0.1, 0.15) is 0 Å². The van der Waals surface area contributed by atoms with Crippen molar-refractivity contribution in [2.45, 2.75) is 24.8 Å². The average molecular weight is 377 g/mol. The number of aryl methyl sites for hydroxylation is 1. The SMILES string of the molecule is Cc1nc(SCc2ccc(-c3[nH]nc4ncccc34)cc2)n(C)c(=O)c1C. The van der Waals surface area contributed by atoms with E-state index in [0.29, 0.717) is 11.2 Å². The molecule has 1 aromatic carbocycles. The molecule has 0 fully saturated rings. The number of nitrogens with one attached hydrogen (secondary N) is 1. The highest BCUT2D eigenvalue weighted by molar-refractivity contribution is 7.98. The molecular weight excluding hydrogens is 358 g/mol. The zero-order chi connectivity index (χ0) is 19.0. The first kappa shape index (κ1) is 17.5. The summed E-state index contributed by atoms with van der Waals surface area (Å²) in [5.74, 6) is 0.744. The Morgan fingerprint density at radius 2 is 1.93 bits per heavy atom. The van der Waals surface area contributed by atoms with Crippen molar-refractivity contribution in [2.75, 3.05) is 0 Å². The fraction of sp³-hybridized carbons (Fsp3) is 0.200. The lowest BCUT2D eigenvalue weighted by molar-refractivity contribution is 0.689. The van der Waals surface area contributed by atoms with E-state index >= 15 is 0 Å². The van der Waals surface area contributed by atoms with Crippen molar-refractivity contribution in [3.05, 3.63) is 69.8 Å². The summed E-state index contributed by atoms with van der Waals surface area (Å²) in [5.41, 5.74) is 5.42. The van der Waals surface area contributed by atoms with E-state index in [4.69, 9.17) is 0 Å². The van der Waals surface area contributed by atoms with Crippen molar-refractivity contribution in [2.24, 2.45) is 7.05 Å². The van der Waals surface area contributed by atoms with Gasteiger partial charge >= 0.3 is 0 Å². The van der Waals surface area contributed by atoms with E-state index in [1.54, 1.807) is 29.6 Å². The summed E-state index contributed by atoms with van der Waals surface area (Å²) in [5, 5.41) is 9.05. The Bertz CT molecular complexity index is 1180. The van der Waals surface area contributed by atoms with E-state index in [-0.39, 0.29) is 5.56 Å². The summed E-state index contributed by atoms with van der Waals surface area (Å²) in [6, 6.07) is 12.2. The zero-order valence-corrected chi connectivity index (χ0v) is 16.2. The summed E-state index contributed by atoms with van der Waals surface area (Å²) in [7, 11) is 1.77. The molecule has 0 radical (unpaired) electrons. The molecule has 0 saturated carbocycles. The molecule has 0 atom stereocenters. The van der Waals surface area contributed by atoms with Gasteiger partial charge in [-0.15, -0.1) is 0 Å². The molecular formula is C20H19N5OS. The number of benzene rings is 1. The molecule has 0 aliphatic heterocycles. The highest BCUT2D eigenvalue weighted by atomic mass is 32.2. The summed E-state index contributed by atoms with van der Waals surface area (Å²) >= 11 is 1.56. The topological polar surface area (TPSA) is 76.5 Å². The number of aromatic amines is 1. The fourth-order valence-electron chi connectivity index (χ4n) is 2.91. The molecule has 0 amide bonds. The summed E-state index contributed by atoms with van der Waals surface area (Å²) in [4.78, 5) is 21.0. The molecule has 0 aliphatic rings. The van der Waals surface area contributed by atoms with E-state index in [0.717, 1.165) is 38.8 Å². The number of rotatable bonds is 4. The van der Waals surface area contributed by atoms with Gasteiger partial charge in [0.15, 0.2) is 10.8 Å². The van der Waals surface area contributed by atoms with Crippen molar-refractivity contribution in [3.8, 4) is 11.3 Å². The van der Waals surface area contributed by atoms with Crippen LogP contribution in [0.5, 0.6) is 0 Å². The van der Waals surface area contributed by atoms with Gasteiger partial charge in [-0.1, -0.05) is 36.0 Å². The Labute approximate surface area is 160 Å². The second kappa shape index (κ2) is 7.00. The zero-order valence-electron chi connectivity index (χ0n) is 15.4. The average Bonchev–Trinajstić information content (AvgIpc) is 3.13. The van der Waals surface area contributed by atoms with Gasteiger partial charge in [-0.05, 0) is 31.5 Å². The number of fused-ring (bicyclic) bond motifs is 1. The molecule has 4 aromatic rings. The molecule has 0 spiro atoms. The second-order valence-corrected chi connectivity index (χ2v) is 7.37. The van der Waals surface area contributed by atoms with Crippen LogP contribution in [-0.2, 0) is 12.8 Å². The number of aromatic nitrogens is 5. The maximum absolute atomic E-state index is 12.2. The van der Waals surface area contributed by atoms with Crippen LogP contribution in [0.3, 0.4) is 0 Å². The van der Waals surface area contributed by atoms with Gasteiger partial charge in [-0.25, -0.2) is 9.97 Å².